The summed E-state index contributed by atoms with van der Waals surface area (Å²) in [5, 5.41) is 9.22. The lowest BCUT2D eigenvalue weighted by atomic mass is 9.70. The minimum Gasteiger partial charge on any atom is -0.453 e. The molecule has 2 fully saturated rings. The first-order chi connectivity index (χ1) is 9.84. The normalized spacial score (nSPS) is 33.0. The maximum absolute atomic E-state index is 11.7. The lowest BCUT2D eigenvalue weighted by molar-refractivity contribution is 0.0388. The highest BCUT2D eigenvalue weighted by Crippen LogP contribution is 2.46. The molecule has 21 heavy (non-hydrogen) atoms. The van der Waals surface area contributed by atoms with E-state index in [0.29, 0.717) is 18.9 Å². The summed E-state index contributed by atoms with van der Waals surface area (Å²) < 4.78 is 15.9. The Hall–Kier alpha value is -1.09. The molecule has 0 spiro atoms. The molecule has 1 aliphatic heterocycles. The van der Waals surface area contributed by atoms with E-state index < -0.39 is 19.7 Å². The van der Waals surface area contributed by atoms with E-state index in [1.54, 1.807) is 0 Å². The number of rotatable bonds is 2. The topological polar surface area (TPSA) is 111 Å². The fourth-order valence-electron chi connectivity index (χ4n) is 3.69. The average Bonchev–Trinajstić information content (AvgIpc) is 2.43. The van der Waals surface area contributed by atoms with Crippen LogP contribution in [0.4, 0.5) is 4.79 Å². The molecule has 1 heterocycles. The highest BCUT2D eigenvalue weighted by Gasteiger charge is 2.42. The maximum Gasteiger partial charge on any atom is 0.410 e. The molecule has 0 bridgehead atoms. The molecule has 1 saturated heterocycles. The summed E-state index contributed by atoms with van der Waals surface area (Å²) in [7, 11) is -2.68. The van der Waals surface area contributed by atoms with Crippen LogP contribution in [-0.2, 0) is 9.30 Å². The molecule has 0 unspecified atom stereocenters. The predicted octanol–water partition coefficient (Wildman–Crippen LogP) is 1.56. The van der Waals surface area contributed by atoms with E-state index in [9.17, 15) is 14.6 Å². The first-order valence-corrected chi connectivity index (χ1v) is 8.92. The van der Waals surface area contributed by atoms with Gasteiger partial charge in [0, 0.05) is 6.54 Å². The van der Waals surface area contributed by atoms with Gasteiger partial charge in [-0.05, 0) is 43.4 Å². The third-order valence-electron chi connectivity index (χ3n) is 4.64. The molecular weight excluding hydrogens is 295 g/mol. The van der Waals surface area contributed by atoms with Crippen LogP contribution >= 0.6 is 7.60 Å². The summed E-state index contributed by atoms with van der Waals surface area (Å²) in [6, 6.07) is 1.63. The van der Waals surface area contributed by atoms with Gasteiger partial charge in [-0.1, -0.05) is 0 Å². The van der Waals surface area contributed by atoms with E-state index in [2.05, 4.69) is 6.07 Å². The van der Waals surface area contributed by atoms with Gasteiger partial charge in [0.25, 0.3) is 0 Å². The average molecular weight is 316 g/mol. The Kier molecular flexibility index (Phi) is 4.92. The Morgan fingerprint density at radius 2 is 2.10 bits per heavy atom. The second kappa shape index (κ2) is 6.35. The van der Waals surface area contributed by atoms with Crippen molar-refractivity contribution in [3.63, 3.8) is 0 Å². The summed E-state index contributed by atoms with van der Waals surface area (Å²) in [6.45, 7) is 0.498. The van der Waals surface area contributed by atoms with Crippen LogP contribution in [0.15, 0.2) is 0 Å². The summed E-state index contributed by atoms with van der Waals surface area (Å²) in [6.07, 6.45) is 2.34. The molecule has 118 valence electrons. The van der Waals surface area contributed by atoms with Gasteiger partial charge in [-0.25, -0.2) is 4.79 Å². The van der Waals surface area contributed by atoms with Crippen molar-refractivity contribution in [3.05, 3.63) is 0 Å². The van der Waals surface area contributed by atoms with Crippen LogP contribution in [0.25, 0.3) is 0 Å². The molecule has 2 rings (SSSR count). The van der Waals surface area contributed by atoms with Crippen LogP contribution in [-0.4, -0.2) is 46.6 Å². The molecule has 0 aromatic heterocycles. The van der Waals surface area contributed by atoms with Gasteiger partial charge in [-0.15, -0.1) is 0 Å². The smallest absolute Gasteiger partial charge is 0.410 e. The molecule has 2 N–H and O–H groups in total. The zero-order valence-corrected chi connectivity index (χ0v) is 12.9. The van der Waals surface area contributed by atoms with Crippen molar-refractivity contribution in [1.82, 2.24) is 4.90 Å². The summed E-state index contributed by atoms with van der Waals surface area (Å²) in [4.78, 5) is 31.4. The second-order valence-electron chi connectivity index (χ2n) is 6.05. The number of carbonyl (C=O) groups is 1. The van der Waals surface area contributed by atoms with E-state index in [0.717, 1.165) is 19.3 Å². The van der Waals surface area contributed by atoms with Crippen molar-refractivity contribution in [1.29, 1.82) is 5.26 Å². The van der Waals surface area contributed by atoms with Crippen LogP contribution in [0.2, 0.25) is 0 Å². The molecule has 0 aromatic carbocycles. The number of nitrogens with zero attached hydrogens (tertiary/aromatic N) is 2. The molecular formula is C13H21N2O5P. The summed E-state index contributed by atoms with van der Waals surface area (Å²) >= 11 is 0. The lowest BCUT2D eigenvalue weighted by Crippen LogP contribution is -2.51. The molecule has 7 nitrogen and oxygen atoms in total. The molecule has 1 aliphatic carbocycles. The van der Waals surface area contributed by atoms with Crippen LogP contribution in [0, 0.1) is 29.1 Å². The standard InChI is InChI=1S/C13H21N2O5P/c1-20-13(16)15-7-10-3-2-9(8-21(17,18)19)4-11(10)5-12(15)6-14/h9-12H,2-5,7-8H2,1H3,(H2,17,18,19)/t9-,10-,11+,12-/m0/s1. The van der Waals surface area contributed by atoms with E-state index in [1.165, 1.54) is 12.0 Å². The van der Waals surface area contributed by atoms with Crippen LogP contribution in [0.3, 0.4) is 0 Å². The third-order valence-corrected chi connectivity index (χ3v) is 5.63. The second-order valence-corrected chi connectivity index (χ2v) is 7.74. The van der Waals surface area contributed by atoms with Gasteiger partial charge in [-0.2, -0.15) is 5.26 Å². The van der Waals surface area contributed by atoms with Crippen molar-refractivity contribution in [2.75, 3.05) is 19.8 Å². The first kappa shape index (κ1) is 16.3. The Morgan fingerprint density at radius 1 is 1.38 bits per heavy atom. The van der Waals surface area contributed by atoms with E-state index in [-0.39, 0.29) is 18.0 Å². The Bertz CT molecular complexity index is 485. The highest BCUT2D eigenvalue weighted by atomic mass is 31.2. The Balaban J connectivity index is 2.02. The molecule has 0 radical (unpaired) electrons. The number of fused-ring (bicyclic) bond motifs is 1. The number of hydrogen-bond acceptors (Lipinski definition) is 4. The minimum atomic E-state index is -3.99. The SMILES string of the molecule is COC(=O)N1C[C@@H]2CC[C@H](CP(=O)(O)O)C[C@@H]2C[C@H]1C#N. The largest absolute Gasteiger partial charge is 0.453 e. The number of likely N-dealkylation sites (tertiary alicyclic amines) is 1. The van der Waals surface area contributed by atoms with Crippen LogP contribution < -0.4 is 0 Å². The molecule has 1 amide bonds. The fraction of sp³-hybridized carbons (Fsp3) is 0.846. The zero-order valence-electron chi connectivity index (χ0n) is 12.0. The number of amides is 1. The van der Waals surface area contributed by atoms with Crippen molar-refractivity contribution in [2.45, 2.75) is 31.7 Å². The Morgan fingerprint density at radius 3 is 2.67 bits per heavy atom. The number of methoxy groups -OCH3 is 1. The number of piperidine rings is 1. The van der Waals surface area contributed by atoms with E-state index in [1.807, 2.05) is 0 Å². The summed E-state index contributed by atoms with van der Waals surface area (Å²) in [5.74, 6) is 0.554. The van der Waals surface area contributed by atoms with Crippen LogP contribution in [0.1, 0.15) is 25.7 Å². The van der Waals surface area contributed by atoms with Gasteiger partial charge in [0.2, 0.25) is 0 Å². The van der Waals surface area contributed by atoms with Crippen molar-refractivity contribution in [2.24, 2.45) is 17.8 Å². The van der Waals surface area contributed by atoms with Gasteiger partial charge in [0.15, 0.2) is 0 Å². The van der Waals surface area contributed by atoms with Crippen molar-refractivity contribution < 1.29 is 23.9 Å². The quantitative estimate of drug-likeness (QED) is 0.748. The monoisotopic (exact) mass is 316 g/mol. The maximum atomic E-state index is 11.7. The van der Waals surface area contributed by atoms with Crippen LogP contribution in [0.5, 0.6) is 0 Å². The predicted molar refractivity (Wildman–Crippen MR) is 74.4 cm³/mol. The number of ether oxygens (including phenoxy) is 1. The van der Waals surface area contributed by atoms with Gasteiger partial charge in [0.1, 0.15) is 6.04 Å². The van der Waals surface area contributed by atoms with Crippen molar-refractivity contribution in [3.8, 4) is 6.07 Å². The molecule has 8 heteroatoms. The highest BCUT2D eigenvalue weighted by molar-refractivity contribution is 7.51. The van der Waals surface area contributed by atoms with Gasteiger partial charge >= 0.3 is 13.7 Å². The lowest BCUT2D eigenvalue weighted by Gasteiger charge is -2.45. The first-order valence-electron chi connectivity index (χ1n) is 7.12. The molecule has 2 aliphatic rings. The number of carbonyl (C=O) groups excluding carboxylic acids is 1. The molecule has 1 saturated carbocycles. The Labute approximate surface area is 124 Å². The number of hydrogen-bond donors (Lipinski definition) is 2. The van der Waals surface area contributed by atoms with Gasteiger partial charge in [-0.3, -0.25) is 9.46 Å². The third kappa shape index (κ3) is 3.97. The van der Waals surface area contributed by atoms with E-state index >= 15 is 0 Å². The number of nitriles is 1. The fourth-order valence-corrected chi connectivity index (χ4v) is 4.69. The van der Waals surface area contributed by atoms with E-state index in [4.69, 9.17) is 14.5 Å². The molecule has 0 aromatic rings. The zero-order chi connectivity index (χ0) is 15.6. The minimum absolute atomic E-state index is 0.0103. The molecule has 4 atom stereocenters. The van der Waals surface area contributed by atoms with Gasteiger partial charge in [0.05, 0.1) is 19.3 Å². The van der Waals surface area contributed by atoms with Gasteiger partial charge < -0.3 is 14.5 Å². The summed E-state index contributed by atoms with van der Waals surface area (Å²) in [5.41, 5.74) is 0. The van der Waals surface area contributed by atoms with Crippen molar-refractivity contribution >= 4 is 13.7 Å².